The number of rotatable bonds is 11. The van der Waals surface area contributed by atoms with Crippen LogP contribution >= 0.6 is 0 Å². The maximum Gasteiger partial charge on any atom is 0.318 e. The SMILES string of the molecule is CCCCOCCCNC(=O)[C@@H](NC(=O)N1C[C@@H]2C[C@H](C1)c1cccc(=O)n1C2)[C@H](C)CC. The Morgan fingerprint density at radius 3 is 2.70 bits per heavy atom. The highest BCUT2D eigenvalue weighted by molar-refractivity contribution is 5.87. The average Bonchev–Trinajstić information content (AvgIpc) is 2.81. The zero-order valence-corrected chi connectivity index (χ0v) is 20.3. The van der Waals surface area contributed by atoms with Gasteiger partial charge in [0, 0.05) is 57.1 Å². The van der Waals surface area contributed by atoms with Crippen molar-refractivity contribution in [1.29, 1.82) is 0 Å². The van der Waals surface area contributed by atoms with Gasteiger partial charge in [-0.05, 0) is 37.2 Å². The number of nitrogens with zero attached hydrogens (tertiary/aromatic N) is 2. The number of fused-ring (bicyclic) bond motifs is 4. The van der Waals surface area contributed by atoms with E-state index in [-0.39, 0.29) is 35.3 Å². The van der Waals surface area contributed by atoms with Crippen LogP contribution in [-0.2, 0) is 16.1 Å². The molecule has 1 saturated heterocycles. The van der Waals surface area contributed by atoms with E-state index in [0.717, 1.165) is 44.4 Å². The number of urea groups is 1. The Hall–Kier alpha value is -2.35. The summed E-state index contributed by atoms with van der Waals surface area (Å²) in [6.07, 6.45) is 4.69. The maximum absolute atomic E-state index is 13.2. The Bertz CT molecular complexity index is 855. The Morgan fingerprint density at radius 1 is 1.15 bits per heavy atom. The molecule has 1 fully saturated rings. The largest absolute Gasteiger partial charge is 0.381 e. The third kappa shape index (κ3) is 6.59. The molecule has 0 aliphatic carbocycles. The molecule has 2 N–H and O–H groups in total. The summed E-state index contributed by atoms with van der Waals surface area (Å²) in [5.74, 6) is 0.296. The van der Waals surface area contributed by atoms with Gasteiger partial charge in [0.15, 0.2) is 0 Å². The molecule has 0 saturated carbocycles. The summed E-state index contributed by atoms with van der Waals surface area (Å²) in [5.41, 5.74) is 1.04. The molecule has 0 unspecified atom stereocenters. The number of carbonyl (C=O) groups excluding carboxylic acids is 2. The molecule has 8 nitrogen and oxygen atoms in total. The molecule has 2 bridgehead atoms. The van der Waals surface area contributed by atoms with Gasteiger partial charge in [-0.15, -0.1) is 0 Å². The summed E-state index contributed by atoms with van der Waals surface area (Å²) < 4.78 is 7.41. The molecular weight excluding hydrogens is 420 g/mol. The quantitative estimate of drug-likeness (QED) is 0.497. The molecule has 4 atom stereocenters. The van der Waals surface area contributed by atoms with Crippen molar-refractivity contribution in [1.82, 2.24) is 20.1 Å². The number of likely N-dealkylation sites (tertiary alicyclic amines) is 1. The standard InChI is InChI=1S/C25H40N4O4/c1-4-6-12-33-13-8-11-26-24(31)23(18(3)5-2)27-25(32)28-15-19-14-20(17-28)21-9-7-10-22(30)29(21)16-19/h7,9-10,18-20,23H,4-6,8,11-17H2,1-3H3,(H,26,31)(H,27,32)/t18-,19+,20-,23+/m1/s1. The zero-order chi connectivity index (χ0) is 23.8. The number of carbonyl (C=O) groups is 2. The molecule has 1 aromatic heterocycles. The molecule has 3 rings (SSSR count). The van der Waals surface area contributed by atoms with Gasteiger partial charge in [0.05, 0.1) is 0 Å². The van der Waals surface area contributed by atoms with Gasteiger partial charge in [-0.3, -0.25) is 9.59 Å². The van der Waals surface area contributed by atoms with E-state index >= 15 is 0 Å². The Labute approximate surface area is 197 Å². The third-order valence-electron chi connectivity index (χ3n) is 6.95. The van der Waals surface area contributed by atoms with Gasteiger partial charge in [0.2, 0.25) is 5.91 Å². The first-order chi connectivity index (χ1) is 15.9. The molecule has 184 valence electrons. The van der Waals surface area contributed by atoms with Crippen LogP contribution in [0.5, 0.6) is 0 Å². The van der Waals surface area contributed by atoms with Crippen molar-refractivity contribution in [3.8, 4) is 0 Å². The maximum atomic E-state index is 13.2. The van der Waals surface area contributed by atoms with E-state index < -0.39 is 6.04 Å². The predicted octanol–water partition coefficient (Wildman–Crippen LogP) is 2.71. The summed E-state index contributed by atoms with van der Waals surface area (Å²) in [5, 5.41) is 5.97. The minimum absolute atomic E-state index is 0.0262. The van der Waals surface area contributed by atoms with Gasteiger partial charge in [0.25, 0.3) is 5.56 Å². The Morgan fingerprint density at radius 2 is 1.94 bits per heavy atom. The molecule has 3 heterocycles. The van der Waals surface area contributed by atoms with Crippen molar-refractivity contribution in [2.45, 2.75) is 71.4 Å². The van der Waals surface area contributed by atoms with E-state index in [4.69, 9.17) is 4.74 Å². The van der Waals surface area contributed by atoms with E-state index in [0.29, 0.717) is 32.8 Å². The van der Waals surface area contributed by atoms with Crippen molar-refractivity contribution in [2.75, 3.05) is 32.8 Å². The molecule has 1 aromatic rings. The number of amides is 3. The van der Waals surface area contributed by atoms with Crippen molar-refractivity contribution >= 4 is 11.9 Å². The summed E-state index contributed by atoms with van der Waals surface area (Å²) in [4.78, 5) is 40.1. The molecule has 2 aliphatic rings. The fraction of sp³-hybridized carbons (Fsp3) is 0.720. The van der Waals surface area contributed by atoms with Crippen molar-refractivity contribution in [3.05, 3.63) is 34.2 Å². The first kappa shape index (κ1) is 25.3. The lowest BCUT2D eigenvalue weighted by Gasteiger charge is -2.43. The molecule has 0 spiro atoms. The van der Waals surface area contributed by atoms with Gasteiger partial charge in [0.1, 0.15) is 6.04 Å². The fourth-order valence-corrected chi connectivity index (χ4v) is 4.83. The van der Waals surface area contributed by atoms with Crippen LogP contribution in [0, 0.1) is 11.8 Å². The number of piperidine rings is 1. The summed E-state index contributed by atoms with van der Waals surface area (Å²) in [6.45, 7) is 9.88. The molecule has 33 heavy (non-hydrogen) atoms. The van der Waals surface area contributed by atoms with Gasteiger partial charge in [-0.25, -0.2) is 4.79 Å². The van der Waals surface area contributed by atoms with E-state index in [1.165, 1.54) is 0 Å². The van der Waals surface area contributed by atoms with Crippen molar-refractivity contribution in [3.63, 3.8) is 0 Å². The summed E-state index contributed by atoms with van der Waals surface area (Å²) >= 11 is 0. The minimum atomic E-state index is -0.569. The molecule has 8 heteroatoms. The molecule has 2 aliphatic heterocycles. The molecule has 0 radical (unpaired) electrons. The van der Waals surface area contributed by atoms with Crippen LogP contribution < -0.4 is 16.2 Å². The topological polar surface area (TPSA) is 92.7 Å². The lowest BCUT2D eigenvalue weighted by Crippen LogP contribution is -2.57. The van der Waals surface area contributed by atoms with Gasteiger partial charge in [-0.2, -0.15) is 0 Å². The number of hydrogen-bond acceptors (Lipinski definition) is 4. The van der Waals surface area contributed by atoms with Crippen LogP contribution in [-0.4, -0.2) is 60.3 Å². The predicted molar refractivity (Wildman–Crippen MR) is 128 cm³/mol. The van der Waals surface area contributed by atoms with Crippen LogP contribution in [0.25, 0.3) is 0 Å². The highest BCUT2D eigenvalue weighted by Gasteiger charge is 2.37. The zero-order valence-electron chi connectivity index (χ0n) is 20.3. The highest BCUT2D eigenvalue weighted by atomic mass is 16.5. The number of hydrogen-bond donors (Lipinski definition) is 2. The lowest BCUT2D eigenvalue weighted by molar-refractivity contribution is -0.124. The number of unbranched alkanes of at least 4 members (excludes halogenated alkanes) is 1. The fourth-order valence-electron chi connectivity index (χ4n) is 4.83. The highest BCUT2D eigenvalue weighted by Crippen LogP contribution is 2.34. The van der Waals surface area contributed by atoms with Crippen LogP contribution in [0.2, 0.25) is 0 Å². The first-order valence-corrected chi connectivity index (χ1v) is 12.5. The minimum Gasteiger partial charge on any atom is -0.381 e. The van der Waals surface area contributed by atoms with E-state index in [1.807, 2.05) is 29.4 Å². The number of ether oxygens (including phenoxy) is 1. The summed E-state index contributed by atoms with van der Waals surface area (Å²) in [6, 6.07) is 4.62. The van der Waals surface area contributed by atoms with Crippen LogP contribution in [0.1, 0.15) is 64.5 Å². The average molecular weight is 461 g/mol. The normalized spacial score (nSPS) is 21.1. The number of pyridine rings is 1. The molecule has 0 aromatic carbocycles. The van der Waals surface area contributed by atoms with Gasteiger partial charge >= 0.3 is 6.03 Å². The number of aromatic nitrogens is 1. The van der Waals surface area contributed by atoms with E-state index in [9.17, 15) is 14.4 Å². The second kappa shape index (κ2) is 12.2. The first-order valence-electron chi connectivity index (χ1n) is 12.5. The second-order valence-corrected chi connectivity index (χ2v) is 9.53. The monoisotopic (exact) mass is 460 g/mol. The van der Waals surface area contributed by atoms with E-state index in [1.54, 1.807) is 12.1 Å². The Balaban J connectivity index is 1.55. The van der Waals surface area contributed by atoms with Crippen LogP contribution in [0.3, 0.4) is 0 Å². The van der Waals surface area contributed by atoms with Crippen molar-refractivity contribution < 1.29 is 14.3 Å². The second-order valence-electron chi connectivity index (χ2n) is 9.53. The van der Waals surface area contributed by atoms with E-state index in [2.05, 4.69) is 17.6 Å². The third-order valence-corrected chi connectivity index (χ3v) is 6.95. The number of nitrogens with one attached hydrogen (secondary N) is 2. The molecular formula is C25H40N4O4. The molecule has 3 amide bonds. The summed E-state index contributed by atoms with van der Waals surface area (Å²) in [7, 11) is 0. The smallest absolute Gasteiger partial charge is 0.318 e. The lowest BCUT2D eigenvalue weighted by atomic mass is 9.83. The van der Waals surface area contributed by atoms with Crippen LogP contribution in [0.4, 0.5) is 4.79 Å². The van der Waals surface area contributed by atoms with Gasteiger partial charge < -0.3 is 24.8 Å². The van der Waals surface area contributed by atoms with Gasteiger partial charge in [-0.1, -0.05) is 39.7 Å². The Kier molecular flexibility index (Phi) is 9.35. The van der Waals surface area contributed by atoms with Crippen LogP contribution in [0.15, 0.2) is 23.0 Å². The van der Waals surface area contributed by atoms with Crippen molar-refractivity contribution in [2.24, 2.45) is 11.8 Å².